The van der Waals surface area contributed by atoms with Crippen LogP contribution in [0.15, 0.2) is 42.5 Å². The molecule has 3 rings (SSSR count). The van der Waals surface area contributed by atoms with E-state index in [9.17, 15) is 5.11 Å². The summed E-state index contributed by atoms with van der Waals surface area (Å²) in [5.74, 6) is 1.72. The Hall–Kier alpha value is -2.04. The number of aryl methyl sites for hydroxylation is 2. The molecular formula is C20H23ClN2O2. The van der Waals surface area contributed by atoms with E-state index < -0.39 is 6.10 Å². The molecule has 4 nitrogen and oxygen atoms in total. The van der Waals surface area contributed by atoms with Gasteiger partial charge in [0.1, 0.15) is 24.3 Å². The summed E-state index contributed by atoms with van der Waals surface area (Å²) in [6.07, 6.45) is 1.28. The molecule has 0 bridgehead atoms. The summed E-state index contributed by atoms with van der Waals surface area (Å²) in [7, 11) is 0. The third-order valence-electron chi connectivity index (χ3n) is 4.17. The van der Waals surface area contributed by atoms with Crippen LogP contribution < -0.4 is 4.74 Å². The number of hydrogen-bond donors (Lipinski definition) is 1. The van der Waals surface area contributed by atoms with E-state index in [1.54, 1.807) is 6.07 Å². The van der Waals surface area contributed by atoms with E-state index in [4.69, 9.17) is 21.3 Å². The highest BCUT2D eigenvalue weighted by Crippen LogP contribution is 2.22. The van der Waals surface area contributed by atoms with Crippen molar-refractivity contribution in [2.45, 2.75) is 39.3 Å². The second-order valence-corrected chi connectivity index (χ2v) is 6.66. The summed E-state index contributed by atoms with van der Waals surface area (Å²) in [5.41, 5.74) is 2.97. The van der Waals surface area contributed by atoms with Gasteiger partial charge in [-0.2, -0.15) is 0 Å². The minimum absolute atomic E-state index is 0.221. The molecule has 3 aromatic rings. The summed E-state index contributed by atoms with van der Waals surface area (Å²) in [4.78, 5) is 4.69. The maximum Gasteiger partial charge on any atom is 0.119 e. The van der Waals surface area contributed by atoms with Crippen LogP contribution >= 0.6 is 11.6 Å². The van der Waals surface area contributed by atoms with Crippen LogP contribution in [-0.4, -0.2) is 27.4 Å². The van der Waals surface area contributed by atoms with Crippen molar-refractivity contribution in [1.29, 1.82) is 0 Å². The Morgan fingerprint density at radius 3 is 2.80 bits per heavy atom. The van der Waals surface area contributed by atoms with Gasteiger partial charge in [0.25, 0.3) is 0 Å². The Morgan fingerprint density at radius 2 is 2.04 bits per heavy atom. The molecule has 0 fully saturated rings. The van der Waals surface area contributed by atoms with E-state index in [-0.39, 0.29) is 6.61 Å². The normalized spacial score (nSPS) is 12.5. The molecule has 1 heterocycles. The number of ether oxygens (including phenoxy) is 1. The van der Waals surface area contributed by atoms with Gasteiger partial charge in [0.15, 0.2) is 0 Å². The van der Waals surface area contributed by atoms with Gasteiger partial charge in [0.2, 0.25) is 0 Å². The summed E-state index contributed by atoms with van der Waals surface area (Å²) >= 11 is 6.03. The van der Waals surface area contributed by atoms with Crippen molar-refractivity contribution in [2.24, 2.45) is 0 Å². The lowest BCUT2D eigenvalue weighted by molar-refractivity contribution is 0.0927. The van der Waals surface area contributed by atoms with Gasteiger partial charge < -0.3 is 14.4 Å². The fraction of sp³-hybridized carbons (Fsp3) is 0.350. The second-order valence-electron chi connectivity index (χ2n) is 6.25. The first-order chi connectivity index (χ1) is 12.1. The number of rotatable bonds is 7. The Morgan fingerprint density at radius 1 is 1.24 bits per heavy atom. The third kappa shape index (κ3) is 4.14. The maximum atomic E-state index is 10.5. The number of imidazole rings is 1. The molecule has 0 aliphatic rings. The number of benzene rings is 2. The summed E-state index contributed by atoms with van der Waals surface area (Å²) in [6, 6.07) is 13.5. The SMILES string of the molecule is CCCc1nc2ccccc2n1C[C@@H](O)COc1ccc(Cl)c(C)c1. The predicted molar refractivity (Wildman–Crippen MR) is 101 cm³/mol. The number of nitrogens with zero attached hydrogens (tertiary/aromatic N) is 2. The first-order valence-electron chi connectivity index (χ1n) is 8.59. The standard InChI is InChI=1S/C20H23ClN2O2/c1-3-6-20-22-18-7-4-5-8-19(18)23(20)12-15(24)13-25-16-9-10-17(21)14(2)11-16/h4-5,7-11,15,24H,3,6,12-13H2,1-2H3/t15-/m1/s1. The number of hydrogen-bond acceptors (Lipinski definition) is 3. The van der Waals surface area contributed by atoms with Gasteiger partial charge in [-0.15, -0.1) is 0 Å². The molecule has 5 heteroatoms. The average molecular weight is 359 g/mol. The summed E-state index contributed by atoms with van der Waals surface area (Å²) < 4.78 is 7.82. The van der Waals surface area contributed by atoms with Gasteiger partial charge in [-0.05, 0) is 49.2 Å². The van der Waals surface area contributed by atoms with Crippen LogP contribution in [0, 0.1) is 6.92 Å². The highest BCUT2D eigenvalue weighted by Gasteiger charge is 2.14. The van der Waals surface area contributed by atoms with Gasteiger partial charge in [0, 0.05) is 11.4 Å². The molecule has 0 saturated heterocycles. The molecule has 0 aliphatic carbocycles. The second kappa shape index (κ2) is 7.89. The van der Waals surface area contributed by atoms with E-state index in [2.05, 4.69) is 11.5 Å². The summed E-state index contributed by atoms with van der Waals surface area (Å²) in [6.45, 7) is 4.74. The molecule has 0 radical (unpaired) electrons. The van der Waals surface area contributed by atoms with Crippen molar-refractivity contribution >= 4 is 22.6 Å². The number of aromatic nitrogens is 2. The lowest BCUT2D eigenvalue weighted by Crippen LogP contribution is -2.24. The third-order valence-corrected chi connectivity index (χ3v) is 4.60. The fourth-order valence-electron chi connectivity index (χ4n) is 2.91. The van der Waals surface area contributed by atoms with Crippen molar-refractivity contribution in [1.82, 2.24) is 9.55 Å². The van der Waals surface area contributed by atoms with E-state index in [1.807, 2.05) is 43.3 Å². The first-order valence-corrected chi connectivity index (χ1v) is 8.97. The van der Waals surface area contributed by atoms with Gasteiger partial charge in [-0.3, -0.25) is 0 Å². The fourth-order valence-corrected chi connectivity index (χ4v) is 3.02. The largest absolute Gasteiger partial charge is 0.491 e. The van der Waals surface area contributed by atoms with E-state index in [0.29, 0.717) is 17.3 Å². The number of aliphatic hydroxyl groups excluding tert-OH is 1. The zero-order valence-corrected chi connectivity index (χ0v) is 15.3. The molecule has 0 saturated carbocycles. The monoisotopic (exact) mass is 358 g/mol. The molecule has 132 valence electrons. The van der Waals surface area contributed by atoms with Gasteiger partial charge in [0.05, 0.1) is 17.6 Å². The van der Waals surface area contributed by atoms with Gasteiger partial charge >= 0.3 is 0 Å². The van der Waals surface area contributed by atoms with Crippen molar-refractivity contribution in [3.05, 3.63) is 58.9 Å². The van der Waals surface area contributed by atoms with E-state index in [0.717, 1.165) is 35.3 Å². The minimum atomic E-state index is -0.621. The zero-order chi connectivity index (χ0) is 17.8. The van der Waals surface area contributed by atoms with E-state index >= 15 is 0 Å². The Labute approximate surface area is 153 Å². The van der Waals surface area contributed by atoms with Crippen LogP contribution in [0.3, 0.4) is 0 Å². The summed E-state index contributed by atoms with van der Waals surface area (Å²) in [5, 5.41) is 11.2. The molecule has 2 aromatic carbocycles. The van der Waals surface area contributed by atoms with Crippen LogP contribution in [0.2, 0.25) is 5.02 Å². The Kier molecular flexibility index (Phi) is 5.61. The van der Waals surface area contributed by atoms with Gasteiger partial charge in [-0.1, -0.05) is 30.7 Å². The molecule has 1 aromatic heterocycles. The lowest BCUT2D eigenvalue weighted by Gasteiger charge is -2.16. The predicted octanol–water partition coefficient (Wildman–Crippen LogP) is 4.39. The molecule has 0 amide bonds. The lowest BCUT2D eigenvalue weighted by atomic mass is 10.2. The molecule has 1 N–H and O–H groups in total. The number of halogens is 1. The van der Waals surface area contributed by atoms with Crippen LogP contribution in [0.25, 0.3) is 11.0 Å². The van der Waals surface area contributed by atoms with Crippen molar-refractivity contribution in [2.75, 3.05) is 6.61 Å². The van der Waals surface area contributed by atoms with E-state index in [1.165, 1.54) is 0 Å². The molecular weight excluding hydrogens is 336 g/mol. The highest BCUT2D eigenvalue weighted by atomic mass is 35.5. The van der Waals surface area contributed by atoms with Gasteiger partial charge in [-0.25, -0.2) is 4.98 Å². The molecule has 25 heavy (non-hydrogen) atoms. The van der Waals surface area contributed by atoms with Crippen LogP contribution in [-0.2, 0) is 13.0 Å². The molecule has 0 aliphatic heterocycles. The number of aliphatic hydroxyl groups is 1. The minimum Gasteiger partial charge on any atom is -0.491 e. The smallest absolute Gasteiger partial charge is 0.119 e. The number of fused-ring (bicyclic) bond motifs is 1. The highest BCUT2D eigenvalue weighted by molar-refractivity contribution is 6.31. The first kappa shape index (κ1) is 17.8. The maximum absolute atomic E-state index is 10.5. The zero-order valence-electron chi connectivity index (χ0n) is 14.6. The van der Waals surface area contributed by atoms with Crippen molar-refractivity contribution in [3.8, 4) is 5.75 Å². The number of para-hydroxylation sites is 2. The molecule has 0 unspecified atom stereocenters. The Bertz CT molecular complexity index is 860. The molecule has 1 atom stereocenters. The van der Waals surface area contributed by atoms with Crippen LogP contribution in [0.4, 0.5) is 0 Å². The van der Waals surface area contributed by atoms with Crippen LogP contribution in [0.5, 0.6) is 5.75 Å². The quantitative estimate of drug-likeness (QED) is 0.681. The van der Waals surface area contributed by atoms with Crippen LogP contribution in [0.1, 0.15) is 24.7 Å². The van der Waals surface area contributed by atoms with Crippen molar-refractivity contribution in [3.63, 3.8) is 0 Å². The average Bonchev–Trinajstić information content (AvgIpc) is 2.94. The Balaban J connectivity index is 1.71. The molecule has 0 spiro atoms. The van der Waals surface area contributed by atoms with Crippen molar-refractivity contribution < 1.29 is 9.84 Å². The topological polar surface area (TPSA) is 47.3 Å².